The van der Waals surface area contributed by atoms with Crippen LogP contribution in [0.5, 0.6) is 5.75 Å². The van der Waals surface area contributed by atoms with Gasteiger partial charge in [0.15, 0.2) is 0 Å². The van der Waals surface area contributed by atoms with E-state index in [0.717, 1.165) is 6.42 Å². The second-order valence-corrected chi connectivity index (χ2v) is 5.13. The Kier molecular flexibility index (Phi) is 4.27. The Hall–Kier alpha value is -2.04. The summed E-state index contributed by atoms with van der Waals surface area (Å²) in [6.07, 6.45) is 0.322. The third-order valence-corrected chi connectivity index (χ3v) is 3.57. The van der Waals surface area contributed by atoms with E-state index in [1.165, 1.54) is 4.90 Å². The summed E-state index contributed by atoms with van der Waals surface area (Å²) in [6.45, 7) is 4.10. The minimum Gasteiger partial charge on any atom is -0.478 e. The number of hydrogen-bond donors (Lipinski definition) is 1. The Morgan fingerprint density at radius 3 is 2.80 bits per heavy atom. The molecule has 2 unspecified atom stereocenters. The predicted octanol–water partition coefficient (Wildman–Crippen LogP) is 2.30. The molecule has 0 spiro atoms. The molecular weight excluding hydrogens is 258 g/mol. The first kappa shape index (κ1) is 14.4. The zero-order valence-corrected chi connectivity index (χ0v) is 11.7. The van der Waals surface area contributed by atoms with E-state index < -0.39 is 12.1 Å². The van der Waals surface area contributed by atoms with E-state index in [1.807, 2.05) is 19.9 Å². The molecule has 0 aliphatic carbocycles. The minimum atomic E-state index is -1.05. The van der Waals surface area contributed by atoms with E-state index in [1.54, 1.807) is 18.2 Å². The molecule has 1 N–H and O–H groups in total. The van der Waals surface area contributed by atoms with Crippen LogP contribution in [-0.4, -0.2) is 29.6 Å². The van der Waals surface area contributed by atoms with Crippen molar-refractivity contribution in [1.82, 2.24) is 0 Å². The van der Waals surface area contributed by atoms with Gasteiger partial charge in [0.25, 0.3) is 0 Å². The highest BCUT2D eigenvalue weighted by atomic mass is 16.5. The molecule has 0 saturated carbocycles. The third-order valence-electron chi connectivity index (χ3n) is 3.57. The molecular formula is C15H19NO4. The van der Waals surface area contributed by atoms with Crippen LogP contribution in [0.1, 0.15) is 26.7 Å². The number of carbonyl (C=O) groups excluding carboxylic acids is 1. The average Bonchev–Trinajstić information content (AvgIpc) is 2.45. The Labute approximate surface area is 118 Å². The highest BCUT2D eigenvalue weighted by Crippen LogP contribution is 2.33. The molecule has 5 heteroatoms. The maximum absolute atomic E-state index is 12.4. The van der Waals surface area contributed by atoms with Crippen LogP contribution in [0.3, 0.4) is 0 Å². The predicted molar refractivity (Wildman–Crippen MR) is 74.9 cm³/mol. The molecule has 0 saturated heterocycles. The van der Waals surface area contributed by atoms with Crippen molar-refractivity contribution >= 4 is 17.6 Å². The van der Waals surface area contributed by atoms with E-state index >= 15 is 0 Å². The van der Waals surface area contributed by atoms with Gasteiger partial charge in [0.05, 0.1) is 12.2 Å². The second-order valence-electron chi connectivity index (χ2n) is 5.13. The molecule has 0 bridgehead atoms. The van der Waals surface area contributed by atoms with Crippen LogP contribution in [0.2, 0.25) is 0 Å². The van der Waals surface area contributed by atoms with Crippen LogP contribution in [0, 0.1) is 5.92 Å². The van der Waals surface area contributed by atoms with E-state index in [-0.39, 0.29) is 18.4 Å². The van der Waals surface area contributed by atoms with Crippen molar-refractivity contribution in [2.45, 2.75) is 32.8 Å². The van der Waals surface area contributed by atoms with Gasteiger partial charge in [-0.05, 0) is 18.1 Å². The number of aliphatic carboxylic acids is 1. The molecule has 1 aromatic carbocycles. The molecule has 2 rings (SSSR count). The van der Waals surface area contributed by atoms with E-state index in [9.17, 15) is 9.59 Å². The van der Waals surface area contributed by atoms with E-state index in [0.29, 0.717) is 17.9 Å². The van der Waals surface area contributed by atoms with Gasteiger partial charge < -0.3 is 14.7 Å². The summed E-state index contributed by atoms with van der Waals surface area (Å²) >= 11 is 0. The Bertz CT molecular complexity index is 514. The van der Waals surface area contributed by atoms with E-state index in [2.05, 4.69) is 0 Å². The van der Waals surface area contributed by atoms with Crippen LogP contribution in [0.25, 0.3) is 0 Å². The zero-order valence-electron chi connectivity index (χ0n) is 11.7. The normalized spacial score (nSPS) is 18.9. The number of amides is 1. The van der Waals surface area contributed by atoms with Crippen molar-refractivity contribution in [3.63, 3.8) is 0 Å². The molecule has 1 amide bonds. The van der Waals surface area contributed by atoms with Crippen molar-refractivity contribution in [2.75, 3.05) is 11.4 Å². The van der Waals surface area contributed by atoms with Gasteiger partial charge in [0, 0.05) is 6.42 Å². The Morgan fingerprint density at radius 2 is 2.15 bits per heavy atom. The van der Waals surface area contributed by atoms with Crippen LogP contribution in [-0.2, 0) is 9.59 Å². The van der Waals surface area contributed by atoms with Gasteiger partial charge in [0.1, 0.15) is 5.75 Å². The van der Waals surface area contributed by atoms with Gasteiger partial charge in [-0.15, -0.1) is 0 Å². The quantitative estimate of drug-likeness (QED) is 0.917. The number of ether oxygens (including phenoxy) is 1. The minimum absolute atomic E-state index is 0.0543. The number of carboxylic acids is 1. The lowest BCUT2D eigenvalue weighted by Gasteiger charge is -2.33. The summed E-state index contributed by atoms with van der Waals surface area (Å²) in [5.41, 5.74) is 0.651. The van der Waals surface area contributed by atoms with Gasteiger partial charge in [0.2, 0.25) is 12.0 Å². The van der Waals surface area contributed by atoms with Crippen LogP contribution in [0.15, 0.2) is 24.3 Å². The van der Waals surface area contributed by atoms with Gasteiger partial charge in [-0.2, -0.15) is 0 Å². The molecule has 0 fully saturated rings. The number of hydrogen-bond acceptors (Lipinski definition) is 3. The summed E-state index contributed by atoms with van der Waals surface area (Å²) in [6, 6.07) is 7.04. The number of carbonyl (C=O) groups is 2. The fourth-order valence-electron chi connectivity index (χ4n) is 2.15. The van der Waals surface area contributed by atoms with Gasteiger partial charge in [-0.25, -0.2) is 4.79 Å². The highest BCUT2D eigenvalue weighted by Gasteiger charge is 2.33. The Morgan fingerprint density at radius 1 is 1.45 bits per heavy atom. The summed E-state index contributed by atoms with van der Waals surface area (Å²) in [7, 11) is 0. The third kappa shape index (κ3) is 2.92. The standard InChI is InChI=1S/C15H19NO4/c1-3-10(2)8-14(17)16-9-13(15(18)19)20-12-7-5-4-6-11(12)16/h4-7,10,13H,3,8-9H2,1-2H3,(H,18,19). The SMILES string of the molecule is CCC(C)CC(=O)N1CC(C(=O)O)Oc2ccccc21. The molecule has 108 valence electrons. The van der Waals surface area contributed by atoms with Gasteiger partial charge in [-0.1, -0.05) is 32.4 Å². The molecule has 2 atom stereocenters. The summed E-state index contributed by atoms with van der Waals surface area (Å²) in [4.78, 5) is 25.1. The van der Waals surface area contributed by atoms with Gasteiger partial charge >= 0.3 is 5.97 Å². The number of para-hydroxylation sites is 2. The number of rotatable bonds is 4. The summed E-state index contributed by atoms with van der Waals surface area (Å²) in [5, 5.41) is 9.13. The number of fused-ring (bicyclic) bond motifs is 1. The number of nitrogens with zero attached hydrogens (tertiary/aromatic N) is 1. The first-order valence-electron chi connectivity index (χ1n) is 6.81. The fourth-order valence-corrected chi connectivity index (χ4v) is 2.15. The summed E-state index contributed by atoms with van der Waals surface area (Å²) < 4.78 is 5.41. The summed E-state index contributed by atoms with van der Waals surface area (Å²) in [5.74, 6) is -0.383. The molecule has 1 aliphatic heterocycles. The van der Waals surface area contributed by atoms with E-state index in [4.69, 9.17) is 9.84 Å². The zero-order chi connectivity index (χ0) is 14.7. The number of carboxylic acid groups (broad SMARTS) is 1. The molecule has 1 aliphatic rings. The Balaban J connectivity index is 2.26. The lowest BCUT2D eigenvalue weighted by molar-refractivity contribution is -0.145. The second kappa shape index (κ2) is 5.94. The van der Waals surface area contributed by atoms with Crippen LogP contribution in [0.4, 0.5) is 5.69 Å². The largest absolute Gasteiger partial charge is 0.478 e. The maximum atomic E-state index is 12.4. The van der Waals surface area contributed by atoms with Crippen molar-refractivity contribution < 1.29 is 19.4 Å². The molecule has 0 aromatic heterocycles. The van der Waals surface area contributed by atoms with Crippen LogP contribution >= 0.6 is 0 Å². The smallest absolute Gasteiger partial charge is 0.346 e. The van der Waals surface area contributed by atoms with Crippen molar-refractivity contribution in [2.24, 2.45) is 5.92 Å². The molecule has 1 aromatic rings. The molecule has 20 heavy (non-hydrogen) atoms. The van der Waals surface area contributed by atoms with Crippen molar-refractivity contribution in [1.29, 1.82) is 0 Å². The van der Waals surface area contributed by atoms with Gasteiger partial charge in [-0.3, -0.25) is 4.79 Å². The van der Waals surface area contributed by atoms with Crippen molar-refractivity contribution in [3.8, 4) is 5.75 Å². The molecule has 5 nitrogen and oxygen atoms in total. The maximum Gasteiger partial charge on any atom is 0.346 e. The first-order chi connectivity index (χ1) is 9.52. The monoisotopic (exact) mass is 277 g/mol. The number of anilines is 1. The topological polar surface area (TPSA) is 66.8 Å². The van der Waals surface area contributed by atoms with Crippen molar-refractivity contribution in [3.05, 3.63) is 24.3 Å². The highest BCUT2D eigenvalue weighted by molar-refractivity contribution is 5.96. The number of benzene rings is 1. The lowest BCUT2D eigenvalue weighted by atomic mass is 10.0. The van der Waals surface area contributed by atoms with Crippen LogP contribution < -0.4 is 9.64 Å². The lowest BCUT2D eigenvalue weighted by Crippen LogP contribution is -2.47. The molecule has 0 radical (unpaired) electrons. The first-order valence-corrected chi connectivity index (χ1v) is 6.81. The molecule has 1 heterocycles. The fraction of sp³-hybridized carbons (Fsp3) is 0.467. The average molecular weight is 277 g/mol.